The molecule has 0 unspecified atom stereocenters. The minimum Gasteiger partial charge on any atom is -0.494 e. The Balaban J connectivity index is 1.53. The molecule has 3 rings (SSSR count). The van der Waals surface area contributed by atoms with E-state index in [9.17, 15) is 4.79 Å². The molecule has 0 heterocycles. The number of carbonyl (C=O) groups is 1. The molecular formula is C24H24N2O3. The molecule has 0 fully saturated rings. The Kier molecular flexibility index (Phi) is 7.41. The molecule has 0 aliphatic rings. The smallest absolute Gasteiger partial charge is 0.244 e. The van der Waals surface area contributed by atoms with Crippen molar-refractivity contribution in [3.8, 4) is 11.5 Å². The minimum absolute atomic E-state index is 0.187. The summed E-state index contributed by atoms with van der Waals surface area (Å²) in [5.74, 6) is 1.32. The normalized spacial score (nSPS) is 10.7. The summed E-state index contributed by atoms with van der Waals surface area (Å²) in [4.78, 5) is 12.1. The summed E-state index contributed by atoms with van der Waals surface area (Å²) in [6.45, 7) is 3.02. The molecule has 0 saturated carbocycles. The van der Waals surface area contributed by atoms with Crippen molar-refractivity contribution in [3.63, 3.8) is 0 Å². The molecule has 0 aliphatic heterocycles. The molecule has 5 heteroatoms. The van der Waals surface area contributed by atoms with Crippen LogP contribution in [-0.4, -0.2) is 18.7 Å². The number of nitrogens with zero attached hydrogens (tertiary/aromatic N) is 1. The van der Waals surface area contributed by atoms with Gasteiger partial charge in [-0.3, -0.25) is 4.79 Å². The minimum atomic E-state index is -0.187. The van der Waals surface area contributed by atoms with E-state index in [1.165, 1.54) is 0 Å². The maximum absolute atomic E-state index is 12.1. The predicted molar refractivity (Wildman–Crippen MR) is 114 cm³/mol. The van der Waals surface area contributed by atoms with Crippen molar-refractivity contribution in [2.75, 3.05) is 6.61 Å². The predicted octanol–water partition coefficient (Wildman–Crippen LogP) is 4.36. The van der Waals surface area contributed by atoms with Gasteiger partial charge in [0.05, 0.1) is 19.2 Å². The van der Waals surface area contributed by atoms with Gasteiger partial charge in [0.1, 0.15) is 18.1 Å². The van der Waals surface area contributed by atoms with Crippen LogP contribution in [0.5, 0.6) is 11.5 Å². The molecule has 1 amide bonds. The Morgan fingerprint density at radius 3 is 2.38 bits per heavy atom. The molecule has 148 valence electrons. The van der Waals surface area contributed by atoms with E-state index >= 15 is 0 Å². The summed E-state index contributed by atoms with van der Waals surface area (Å²) >= 11 is 0. The van der Waals surface area contributed by atoms with Gasteiger partial charge < -0.3 is 9.47 Å². The first-order valence-corrected chi connectivity index (χ1v) is 9.54. The van der Waals surface area contributed by atoms with Crippen molar-refractivity contribution in [2.45, 2.75) is 20.0 Å². The number of nitrogens with one attached hydrogen (secondary N) is 1. The summed E-state index contributed by atoms with van der Waals surface area (Å²) in [5.41, 5.74) is 5.34. The molecule has 0 spiro atoms. The first-order chi connectivity index (χ1) is 14.2. The number of hydrazone groups is 1. The molecule has 1 N–H and O–H groups in total. The van der Waals surface area contributed by atoms with Crippen LogP contribution >= 0.6 is 0 Å². The molecule has 3 aromatic carbocycles. The van der Waals surface area contributed by atoms with Crippen LogP contribution in [0.4, 0.5) is 0 Å². The third kappa shape index (κ3) is 6.50. The second kappa shape index (κ2) is 10.7. The van der Waals surface area contributed by atoms with Crippen molar-refractivity contribution in [1.82, 2.24) is 5.43 Å². The third-order valence-corrected chi connectivity index (χ3v) is 4.15. The molecule has 29 heavy (non-hydrogen) atoms. The highest BCUT2D eigenvalue weighted by Gasteiger charge is 2.04. The zero-order valence-electron chi connectivity index (χ0n) is 16.4. The number of rotatable bonds is 9. The SMILES string of the molecule is CCOc1ccc(CC(=O)N/N=C/c2ccccc2OCc2ccccc2)cc1. The third-order valence-electron chi connectivity index (χ3n) is 4.15. The Morgan fingerprint density at radius 2 is 1.62 bits per heavy atom. The monoisotopic (exact) mass is 388 g/mol. The Labute approximate surface area is 171 Å². The molecule has 0 radical (unpaired) electrons. The molecule has 0 saturated heterocycles. The van der Waals surface area contributed by atoms with E-state index < -0.39 is 0 Å². The molecule has 5 nitrogen and oxygen atoms in total. The zero-order valence-corrected chi connectivity index (χ0v) is 16.4. The van der Waals surface area contributed by atoms with Gasteiger partial charge in [0, 0.05) is 5.56 Å². The van der Waals surface area contributed by atoms with Crippen molar-refractivity contribution in [2.24, 2.45) is 5.10 Å². The van der Waals surface area contributed by atoms with Crippen LogP contribution in [-0.2, 0) is 17.8 Å². The van der Waals surface area contributed by atoms with Gasteiger partial charge in [-0.05, 0) is 42.3 Å². The fourth-order valence-corrected chi connectivity index (χ4v) is 2.72. The first-order valence-electron chi connectivity index (χ1n) is 9.54. The van der Waals surface area contributed by atoms with Gasteiger partial charge in [0.15, 0.2) is 0 Å². The lowest BCUT2D eigenvalue weighted by Gasteiger charge is -2.09. The lowest BCUT2D eigenvalue weighted by Crippen LogP contribution is -2.19. The number of ether oxygens (including phenoxy) is 2. The highest BCUT2D eigenvalue weighted by Crippen LogP contribution is 2.17. The number of amides is 1. The maximum Gasteiger partial charge on any atom is 0.244 e. The van der Waals surface area contributed by atoms with E-state index in [0.717, 1.165) is 22.4 Å². The summed E-state index contributed by atoms with van der Waals surface area (Å²) in [5, 5.41) is 4.07. The highest BCUT2D eigenvalue weighted by atomic mass is 16.5. The van der Waals surface area contributed by atoms with E-state index in [1.54, 1.807) is 6.21 Å². The van der Waals surface area contributed by atoms with E-state index in [1.807, 2.05) is 85.8 Å². The Hall–Kier alpha value is -3.60. The van der Waals surface area contributed by atoms with E-state index in [2.05, 4.69) is 10.5 Å². The second-order valence-electron chi connectivity index (χ2n) is 6.36. The topological polar surface area (TPSA) is 59.9 Å². The largest absolute Gasteiger partial charge is 0.494 e. The van der Waals surface area contributed by atoms with Gasteiger partial charge in [-0.1, -0.05) is 54.6 Å². The van der Waals surface area contributed by atoms with Gasteiger partial charge in [0.2, 0.25) is 5.91 Å². The standard InChI is InChI=1S/C24H24N2O3/c1-2-28-22-14-12-19(13-15-22)16-24(27)26-25-17-21-10-6-7-11-23(21)29-18-20-8-4-3-5-9-20/h3-15,17H,2,16,18H2,1H3,(H,26,27)/b25-17+. The molecule has 0 bridgehead atoms. The summed E-state index contributed by atoms with van der Waals surface area (Å²) in [6.07, 6.45) is 1.84. The van der Waals surface area contributed by atoms with Gasteiger partial charge in [-0.15, -0.1) is 0 Å². The summed E-state index contributed by atoms with van der Waals surface area (Å²) in [7, 11) is 0. The van der Waals surface area contributed by atoms with E-state index in [0.29, 0.717) is 19.0 Å². The Bertz CT molecular complexity index is 938. The van der Waals surface area contributed by atoms with Crippen molar-refractivity contribution in [1.29, 1.82) is 0 Å². The first kappa shape index (κ1) is 20.1. The van der Waals surface area contributed by atoms with Crippen LogP contribution < -0.4 is 14.9 Å². The van der Waals surface area contributed by atoms with Crippen molar-refractivity contribution >= 4 is 12.1 Å². The van der Waals surface area contributed by atoms with Crippen LogP contribution in [0.15, 0.2) is 84.0 Å². The number of carbonyl (C=O) groups excluding carboxylic acids is 1. The van der Waals surface area contributed by atoms with Crippen LogP contribution in [0.1, 0.15) is 23.6 Å². The molecule has 3 aromatic rings. The summed E-state index contributed by atoms with van der Waals surface area (Å²) in [6, 6.07) is 25.0. The van der Waals surface area contributed by atoms with E-state index in [-0.39, 0.29) is 12.3 Å². The number of para-hydroxylation sites is 1. The lowest BCUT2D eigenvalue weighted by molar-refractivity contribution is -0.120. The van der Waals surface area contributed by atoms with Crippen LogP contribution in [0.3, 0.4) is 0 Å². The van der Waals surface area contributed by atoms with Crippen LogP contribution in [0, 0.1) is 0 Å². The fourth-order valence-electron chi connectivity index (χ4n) is 2.72. The molecular weight excluding hydrogens is 364 g/mol. The number of benzene rings is 3. The quantitative estimate of drug-likeness (QED) is 0.438. The van der Waals surface area contributed by atoms with Gasteiger partial charge in [0.25, 0.3) is 0 Å². The van der Waals surface area contributed by atoms with Crippen molar-refractivity contribution in [3.05, 3.63) is 95.6 Å². The van der Waals surface area contributed by atoms with Crippen LogP contribution in [0.2, 0.25) is 0 Å². The zero-order chi connectivity index (χ0) is 20.3. The van der Waals surface area contributed by atoms with Gasteiger partial charge in [-0.2, -0.15) is 5.10 Å². The van der Waals surface area contributed by atoms with Gasteiger partial charge in [-0.25, -0.2) is 5.43 Å². The van der Waals surface area contributed by atoms with Crippen LogP contribution in [0.25, 0.3) is 0 Å². The lowest BCUT2D eigenvalue weighted by atomic mass is 10.1. The molecule has 0 atom stereocenters. The maximum atomic E-state index is 12.1. The average molecular weight is 388 g/mol. The Morgan fingerprint density at radius 1 is 0.897 bits per heavy atom. The average Bonchev–Trinajstić information content (AvgIpc) is 2.75. The molecule has 0 aromatic heterocycles. The fraction of sp³-hybridized carbons (Fsp3) is 0.167. The summed E-state index contributed by atoms with van der Waals surface area (Å²) < 4.78 is 11.3. The van der Waals surface area contributed by atoms with Gasteiger partial charge >= 0.3 is 0 Å². The second-order valence-corrected chi connectivity index (χ2v) is 6.36. The number of hydrogen-bond acceptors (Lipinski definition) is 4. The highest BCUT2D eigenvalue weighted by molar-refractivity contribution is 5.85. The van der Waals surface area contributed by atoms with Crippen molar-refractivity contribution < 1.29 is 14.3 Å². The number of hydrogen-bond donors (Lipinski definition) is 1. The van der Waals surface area contributed by atoms with E-state index in [4.69, 9.17) is 9.47 Å². The molecule has 0 aliphatic carbocycles.